The summed E-state index contributed by atoms with van der Waals surface area (Å²) in [4.78, 5) is 52.8. The predicted octanol–water partition coefficient (Wildman–Crippen LogP) is 2.05. The summed E-state index contributed by atoms with van der Waals surface area (Å²) in [6.45, 7) is 6.82. The first-order valence-electron chi connectivity index (χ1n) is 14.2. The Kier molecular flexibility index (Phi) is 10.4. The number of rotatable bonds is 7. The minimum atomic E-state index is -0.485. The number of benzene rings is 1. The Morgan fingerprint density at radius 1 is 1.12 bits per heavy atom. The van der Waals surface area contributed by atoms with E-state index in [0.717, 1.165) is 38.3 Å². The van der Waals surface area contributed by atoms with Crippen molar-refractivity contribution in [1.82, 2.24) is 30.1 Å². The van der Waals surface area contributed by atoms with Crippen LogP contribution >= 0.6 is 12.4 Å². The van der Waals surface area contributed by atoms with Crippen molar-refractivity contribution in [3.8, 4) is 6.07 Å². The second-order valence-corrected chi connectivity index (χ2v) is 10.7. The third-order valence-corrected chi connectivity index (χ3v) is 8.05. The lowest BCUT2D eigenvalue weighted by atomic mass is 9.92. The molecule has 1 aromatic carbocycles. The summed E-state index contributed by atoms with van der Waals surface area (Å²) in [5.41, 5.74) is 2.18. The van der Waals surface area contributed by atoms with Gasteiger partial charge in [-0.1, -0.05) is 6.92 Å². The number of hydrogen-bond acceptors (Lipinski definition) is 9. The van der Waals surface area contributed by atoms with Crippen LogP contribution in [0.15, 0.2) is 42.9 Å². The van der Waals surface area contributed by atoms with E-state index in [9.17, 15) is 14.4 Å². The lowest BCUT2D eigenvalue weighted by Crippen LogP contribution is -2.52. The zero-order valence-electron chi connectivity index (χ0n) is 24.3. The average molecular weight is 609 g/mol. The van der Waals surface area contributed by atoms with Gasteiger partial charge in [-0.15, -0.1) is 12.4 Å². The number of hydrogen-bond donors (Lipinski definition) is 3. The molecule has 0 radical (unpaired) electrons. The van der Waals surface area contributed by atoms with Gasteiger partial charge in [0, 0.05) is 63.9 Å². The molecule has 0 aliphatic carbocycles. The number of piperazine rings is 1. The van der Waals surface area contributed by atoms with Crippen molar-refractivity contribution < 1.29 is 14.4 Å². The van der Waals surface area contributed by atoms with Crippen molar-refractivity contribution in [3.05, 3.63) is 42.9 Å². The Morgan fingerprint density at radius 3 is 2.58 bits per heavy atom. The molecule has 2 aliphatic heterocycles. The maximum atomic E-state index is 13.0. The summed E-state index contributed by atoms with van der Waals surface area (Å²) in [6.07, 6.45) is 3.68. The number of fused-ring (bicyclic) bond motifs is 1. The van der Waals surface area contributed by atoms with E-state index >= 15 is 0 Å². The Balaban J connectivity index is 0.00000423. The molecule has 43 heavy (non-hydrogen) atoms. The molecule has 3 aromatic rings. The van der Waals surface area contributed by atoms with Crippen molar-refractivity contribution in [2.45, 2.75) is 25.8 Å². The van der Waals surface area contributed by atoms with E-state index in [-0.39, 0.29) is 49.1 Å². The minimum absolute atomic E-state index is 0. The Morgan fingerprint density at radius 2 is 1.86 bits per heavy atom. The van der Waals surface area contributed by atoms with E-state index in [2.05, 4.69) is 37.7 Å². The second kappa shape index (κ2) is 14.2. The van der Waals surface area contributed by atoms with Crippen LogP contribution in [0.2, 0.25) is 0 Å². The van der Waals surface area contributed by atoms with Crippen molar-refractivity contribution in [2.75, 3.05) is 68.0 Å². The summed E-state index contributed by atoms with van der Waals surface area (Å²) in [6, 6.07) is 10.9. The summed E-state index contributed by atoms with van der Waals surface area (Å²) >= 11 is 0. The molecule has 3 amide bonds. The quantitative estimate of drug-likeness (QED) is 0.366. The van der Waals surface area contributed by atoms with E-state index in [1.165, 1.54) is 10.9 Å². The molecule has 3 N–H and O–H groups in total. The standard InChI is InChI=1S/C29H36N10O3.ClH/c1-20-8-13-38(26(41)7-10-30)18-24(20)36(2)27-23-9-14-39(28(23)34-19-33-27)29(42)32-17-25(40)35-21-3-5-22(6-4-21)37-15-11-31-12-16-37;/h3-6,9,14,19-20,24,31H,7-8,11-13,15-18H2,1-2H3,(H,32,42)(H,35,40);1H/t20-,24+;/m1./s1. The molecule has 228 valence electrons. The number of nitrogens with zero attached hydrogens (tertiary/aromatic N) is 7. The van der Waals surface area contributed by atoms with Crippen LogP contribution in [0, 0.1) is 17.2 Å². The van der Waals surface area contributed by atoms with Crippen molar-refractivity contribution in [3.63, 3.8) is 0 Å². The summed E-state index contributed by atoms with van der Waals surface area (Å²) in [5.74, 6) is 0.412. The maximum absolute atomic E-state index is 13.0. The van der Waals surface area contributed by atoms with E-state index in [1.54, 1.807) is 17.2 Å². The molecule has 13 nitrogen and oxygen atoms in total. The molecule has 0 unspecified atom stereocenters. The van der Waals surface area contributed by atoms with Crippen LogP contribution in [-0.4, -0.2) is 96.2 Å². The second-order valence-electron chi connectivity index (χ2n) is 10.7. The Labute approximate surface area is 256 Å². The monoisotopic (exact) mass is 608 g/mol. The summed E-state index contributed by atoms with van der Waals surface area (Å²) < 4.78 is 1.36. The first kappa shape index (κ1) is 31.5. The number of likely N-dealkylation sites (N-methyl/N-ethyl adjacent to an activating group) is 1. The maximum Gasteiger partial charge on any atom is 0.327 e. The van der Waals surface area contributed by atoms with Gasteiger partial charge in [0.1, 0.15) is 18.6 Å². The molecule has 2 atom stereocenters. The predicted molar refractivity (Wildman–Crippen MR) is 167 cm³/mol. The van der Waals surface area contributed by atoms with Gasteiger partial charge >= 0.3 is 6.03 Å². The van der Waals surface area contributed by atoms with Gasteiger partial charge in [-0.2, -0.15) is 5.26 Å². The highest BCUT2D eigenvalue weighted by atomic mass is 35.5. The van der Waals surface area contributed by atoms with E-state index in [1.807, 2.05) is 42.3 Å². The first-order valence-corrected chi connectivity index (χ1v) is 14.2. The molecule has 2 aromatic heterocycles. The number of aromatic nitrogens is 3. The number of nitriles is 1. The van der Waals surface area contributed by atoms with Crippen LogP contribution in [0.25, 0.3) is 11.0 Å². The topological polar surface area (TPSA) is 152 Å². The highest BCUT2D eigenvalue weighted by molar-refractivity contribution is 5.98. The van der Waals surface area contributed by atoms with E-state index < -0.39 is 6.03 Å². The van der Waals surface area contributed by atoms with Gasteiger partial charge in [-0.05, 0) is 42.7 Å². The summed E-state index contributed by atoms with van der Waals surface area (Å²) in [7, 11) is 1.92. The minimum Gasteiger partial charge on any atom is -0.369 e. The largest absolute Gasteiger partial charge is 0.369 e. The van der Waals surface area contributed by atoms with Gasteiger partial charge in [0.25, 0.3) is 0 Å². The number of amides is 3. The summed E-state index contributed by atoms with van der Waals surface area (Å²) in [5, 5.41) is 18.4. The van der Waals surface area contributed by atoms with Crippen LogP contribution in [-0.2, 0) is 9.59 Å². The highest BCUT2D eigenvalue weighted by Crippen LogP contribution is 2.29. The smallest absolute Gasteiger partial charge is 0.327 e. The van der Waals surface area contributed by atoms with Crippen LogP contribution in [0.1, 0.15) is 19.8 Å². The lowest BCUT2D eigenvalue weighted by Gasteiger charge is -2.42. The first-order chi connectivity index (χ1) is 20.4. The van der Waals surface area contributed by atoms with Crippen LogP contribution in [0.5, 0.6) is 0 Å². The normalized spacial score (nSPS) is 18.3. The van der Waals surface area contributed by atoms with E-state index in [0.29, 0.717) is 35.6 Å². The molecular weight excluding hydrogens is 572 g/mol. The number of likely N-dealkylation sites (tertiary alicyclic amines) is 1. The number of halogens is 1. The molecule has 2 aliphatic rings. The number of piperidine rings is 1. The Bertz CT molecular complexity index is 1480. The molecule has 0 spiro atoms. The molecule has 0 saturated carbocycles. The fraction of sp³-hybridized carbons (Fsp3) is 0.448. The van der Waals surface area contributed by atoms with Gasteiger partial charge in [-0.3, -0.25) is 14.2 Å². The average Bonchev–Trinajstić information content (AvgIpc) is 3.45. The van der Waals surface area contributed by atoms with Crippen LogP contribution in [0.3, 0.4) is 0 Å². The molecule has 4 heterocycles. The fourth-order valence-corrected chi connectivity index (χ4v) is 5.62. The molecule has 2 fully saturated rings. The van der Waals surface area contributed by atoms with Gasteiger partial charge in [-0.25, -0.2) is 14.8 Å². The highest BCUT2D eigenvalue weighted by Gasteiger charge is 2.33. The number of carbonyl (C=O) groups is 3. The zero-order valence-corrected chi connectivity index (χ0v) is 25.1. The van der Waals surface area contributed by atoms with Gasteiger partial charge in [0.15, 0.2) is 5.65 Å². The fourth-order valence-electron chi connectivity index (χ4n) is 5.62. The molecule has 5 rings (SSSR count). The van der Waals surface area contributed by atoms with Gasteiger partial charge < -0.3 is 30.7 Å². The SMILES string of the molecule is C[C@@H]1CCN(C(=O)CC#N)C[C@@H]1N(C)c1ncnc2c1ccn2C(=O)NCC(=O)Nc1ccc(N2CCNCC2)cc1.Cl. The third kappa shape index (κ3) is 7.15. The molecule has 0 bridgehead atoms. The lowest BCUT2D eigenvalue weighted by molar-refractivity contribution is -0.131. The third-order valence-electron chi connectivity index (χ3n) is 8.05. The van der Waals surface area contributed by atoms with Crippen LogP contribution in [0.4, 0.5) is 22.0 Å². The van der Waals surface area contributed by atoms with Crippen molar-refractivity contribution in [2.24, 2.45) is 5.92 Å². The molecular formula is C29H37ClN10O3. The van der Waals surface area contributed by atoms with E-state index in [4.69, 9.17) is 5.26 Å². The number of anilines is 3. The van der Waals surface area contributed by atoms with Crippen molar-refractivity contribution in [1.29, 1.82) is 5.26 Å². The Hall–Kier alpha value is -4.41. The number of carbonyl (C=O) groups excluding carboxylic acids is 3. The van der Waals surface area contributed by atoms with Gasteiger partial charge in [0.05, 0.1) is 24.0 Å². The number of nitrogens with one attached hydrogen (secondary N) is 3. The molecule has 2 saturated heterocycles. The van der Waals surface area contributed by atoms with Gasteiger partial charge in [0.2, 0.25) is 11.8 Å². The zero-order chi connectivity index (χ0) is 29.6. The van der Waals surface area contributed by atoms with Crippen molar-refractivity contribution >= 4 is 58.5 Å². The van der Waals surface area contributed by atoms with Crippen LogP contribution < -0.4 is 25.8 Å². The molecule has 14 heteroatoms.